The number of amides is 3. The van der Waals surface area contributed by atoms with Gasteiger partial charge in [-0.25, -0.2) is 4.79 Å². The maximum absolute atomic E-state index is 13.2. The van der Waals surface area contributed by atoms with E-state index in [1.807, 2.05) is 0 Å². The summed E-state index contributed by atoms with van der Waals surface area (Å²) < 4.78 is 10.5. The average molecular weight is 412 g/mol. The Hall–Kier alpha value is -4.08. The number of ether oxygens (including phenoxy) is 2. The Balaban J connectivity index is 2.00. The molecule has 0 spiro atoms. The van der Waals surface area contributed by atoms with Crippen molar-refractivity contribution in [1.82, 2.24) is 10.6 Å². The Labute approximate surface area is 172 Å². The van der Waals surface area contributed by atoms with Gasteiger partial charge in [-0.05, 0) is 24.6 Å². The number of nitro benzene ring substituents is 1. The molecule has 0 unspecified atom stereocenters. The fourth-order valence-electron chi connectivity index (χ4n) is 3.16. The number of hydrogen-bond acceptors (Lipinski definition) is 6. The largest absolute Gasteiger partial charge is 0.497 e. The molecule has 0 radical (unpaired) electrons. The summed E-state index contributed by atoms with van der Waals surface area (Å²) >= 11 is 0. The highest BCUT2D eigenvalue weighted by Gasteiger charge is 2.32. The Morgan fingerprint density at radius 3 is 2.60 bits per heavy atom. The van der Waals surface area contributed by atoms with Gasteiger partial charge in [-0.3, -0.25) is 14.9 Å². The lowest BCUT2D eigenvalue weighted by Gasteiger charge is -2.28. The predicted octanol–water partition coefficient (Wildman–Crippen LogP) is 2.88. The van der Waals surface area contributed by atoms with Gasteiger partial charge in [0.05, 0.1) is 36.4 Å². The van der Waals surface area contributed by atoms with Gasteiger partial charge in [0.25, 0.3) is 11.6 Å². The van der Waals surface area contributed by atoms with E-state index in [0.29, 0.717) is 28.4 Å². The lowest BCUT2D eigenvalue weighted by atomic mass is 9.94. The summed E-state index contributed by atoms with van der Waals surface area (Å²) in [5, 5.41) is 19.1. The smallest absolute Gasteiger partial charge is 0.319 e. The highest BCUT2D eigenvalue weighted by atomic mass is 16.6. The van der Waals surface area contributed by atoms with Gasteiger partial charge in [0, 0.05) is 23.9 Å². The van der Waals surface area contributed by atoms with Crippen LogP contribution in [0, 0.1) is 10.1 Å². The molecule has 2 aromatic carbocycles. The summed E-state index contributed by atoms with van der Waals surface area (Å²) in [5.41, 5.74) is 1.17. The van der Waals surface area contributed by atoms with Crippen LogP contribution in [0.1, 0.15) is 18.5 Å². The van der Waals surface area contributed by atoms with Crippen LogP contribution in [0.4, 0.5) is 16.2 Å². The van der Waals surface area contributed by atoms with Crippen molar-refractivity contribution in [1.29, 1.82) is 0 Å². The molecule has 0 saturated heterocycles. The van der Waals surface area contributed by atoms with Crippen molar-refractivity contribution in [2.45, 2.75) is 13.0 Å². The second-order valence-electron chi connectivity index (χ2n) is 6.44. The Kier molecular flexibility index (Phi) is 5.86. The van der Waals surface area contributed by atoms with Crippen LogP contribution < -0.4 is 25.4 Å². The Bertz CT molecular complexity index is 1050. The molecular weight excluding hydrogens is 392 g/mol. The van der Waals surface area contributed by atoms with Crippen LogP contribution >= 0.6 is 0 Å². The van der Waals surface area contributed by atoms with Crippen LogP contribution in [0.5, 0.6) is 11.5 Å². The van der Waals surface area contributed by atoms with Gasteiger partial charge < -0.3 is 25.4 Å². The van der Waals surface area contributed by atoms with E-state index in [9.17, 15) is 19.7 Å². The van der Waals surface area contributed by atoms with Crippen LogP contribution in [0.25, 0.3) is 0 Å². The molecule has 10 nitrogen and oxygen atoms in total. The van der Waals surface area contributed by atoms with Crippen LogP contribution in [0.15, 0.2) is 53.7 Å². The van der Waals surface area contributed by atoms with Gasteiger partial charge in [0.1, 0.15) is 11.5 Å². The van der Waals surface area contributed by atoms with E-state index >= 15 is 0 Å². The zero-order valence-electron chi connectivity index (χ0n) is 16.5. The van der Waals surface area contributed by atoms with Gasteiger partial charge >= 0.3 is 6.03 Å². The quantitative estimate of drug-likeness (QED) is 0.494. The lowest BCUT2D eigenvalue weighted by molar-refractivity contribution is -0.384. The summed E-state index contributed by atoms with van der Waals surface area (Å²) in [7, 11) is 2.97. The molecule has 3 rings (SSSR count). The minimum atomic E-state index is -0.879. The van der Waals surface area contributed by atoms with Gasteiger partial charge in [-0.15, -0.1) is 0 Å². The first-order chi connectivity index (χ1) is 14.3. The maximum Gasteiger partial charge on any atom is 0.319 e. The number of anilines is 1. The first-order valence-electron chi connectivity index (χ1n) is 8.90. The molecule has 1 aliphatic rings. The van der Waals surface area contributed by atoms with Crippen molar-refractivity contribution < 1.29 is 24.0 Å². The zero-order chi connectivity index (χ0) is 21.8. The van der Waals surface area contributed by atoms with Crippen molar-refractivity contribution in [2.24, 2.45) is 0 Å². The van der Waals surface area contributed by atoms with E-state index in [-0.39, 0.29) is 11.3 Å². The highest BCUT2D eigenvalue weighted by Crippen LogP contribution is 2.33. The van der Waals surface area contributed by atoms with Gasteiger partial charge in [-0.1, -0.05) is 12.1 Å². The van der Waals surface area contributed by atoms with Gasteiger partial charge in [-0.2, -0.15) is 0 Å². The molecular formula is C20H20N4O6. The summed E-state index contributed by atoms with van der Waals surface area (Å²) in [6, 6.07) is 9.31. The van der Waals surface area contributed by atoms with Crippen LogP contribution in [0.2, 0.25) is 0 Å². The third-order valence-corrected chi connectivity index (χ3v) is 4.58. The Morgan fingerprint density at radius 1 is 1.17 bits per heavy atom. The van der Waals surface area contributed by atoms with Crippen LogP contribution in [-0.4, -0.2) is 31.1 Å². The number of carbonyl (C=O) groups excluding carboxylic acids is 2. The third-order valence-electron chi connectivity index (χ3n) is 4.58. The molecule has 1 atom stereocenters. The second kappa shape index (κ2) is 8.52. The zero-order valence-corrected chi connectivity index (χ0v) is 16.5. The van der Waals surface area contributed by atoms with Crippen molar-refractivity contribution in [3.63, 3.8) is 0 Å². The van der Waals surface area contributed by atoms with Crippen molar-refractivity contribution in [3.05, 3.63) is 69.4 Å². The number of non-ortho nitro benzene ring substituents is 1. The van der Waals surface area contributed by atoms with Crippen molar-refractivity contribution in [2.75, 3.05) is 19.5 Å². The molecule has 10 heteroatoms. The van der Waals surface area contributed by atoms with E-state index in [4.69, 9.17) is 9.47 Å². The van der Waals surface area contributed by atoms with E-state index in [1.54, 1.807) is 31.2 Å². The van der Waals surface area contributed by atoms with Gasteiger partial charge in [0.2, 0.25) is 0 Å². The fourth-order valence-corrected chi connectivity index (χ4v) is 3.16. The molecule has 156 valence electrons. The number of urea groups is 1. The first kappa shape index (κ1) is 20.6. The molecule has 1 aliphatic heterocycles. The molecule has 0 aliphatic carbocycles. The van der Waals surface area contributed by atoms with E-state index in [1.165, 1.54) is 32.4 Å². The number of methoxy groups -OCH3 is 2. The number of allylic oxidation sites excluding steroid dienone is 1. The minimum absolute atomic E-state index is 0.146. The minimum Gasteiger partial charge on any atom is -0.497 e. The van der Waals surface area contributed by atoms with E-state index in [0.717, 1.165) is 0 Å². The second-order valence-corrected chi connectivity index (χ2v) is 6.44. The predicted molar refractivity (Wildman–Crippen MR) is 108 cm³/mol. The normalized spacial score (nSPS) is 15.7. The summed E-state index contributed by atoms with van der Waals surface area (Å²) in [4.78, 5) is 35.8. The summed E-state index contributed by atoms with van der Waals surface area (Å²) in [6.07, 6.45) is 0. The Morgan fingerprint density at radius 2 is 1.93 bits per heavy atom. The number of benzene rings is 2. The van der Waals surface area contributed by atoms with Crippen molar-refractivity contribution in [3.8, 4) is 11.5 Å². The third kappa shape index (κ3) is 4.17. The highest BCUT2D eigenvalue weighted by molar-refractivity contribution is 6.07. The fraction of sp³-hybridized carbons (Fsp3) is 0.200. The number of hydrogen-bond donors (Lipinski definition) is 3. The lowest BCUT2D eigenvalue weighted by Crippen LogP contribution is -2.46. The number of rotatable bonds is 6. The topological polar surface area (TPSA) is 132 Å². The molecule has 30 heavy (non-hydrogen) atoms. The van der Waals surface area contributed by atoms with Crippen LogP contribution in [0.3, 0.4) is 0 Å². The molecule has 0 fully saturated rings. The van der Waals surface area contributed by atoms with Crippen LogP contribution in [-0.2, 0) is 4.79 Å². The molecule has 1 heterocycles. The molecule has 0 bridgehead atoms. The monoisotopic (exact) mass is 412 g/mol. The molecule has 0 aromatic heterocycles. The SMILES string of the molecule is COc1ccc(OC)c(NC(=O)C2=C(C)NC(=O)N[C@H]2c2cccc([N+](=O)[O-])c2)c1. The van der Waals surface area contributed by atoms with Crippen molar-refractivity contribution >= 4 is 23.3 Å². The standard InChI is InChI=1S/C20H20N4O6/c1-11-17(19(25)22-15-10-14(29-2)7-8-16(15)30-3)18(23-20(26)21-11)12-5-4-6-13(9-12)24(27)28/h4-10,18H,1-3H3,(H,22,25)(H2,21,23,26)/t18-/m0/s1. The number of nitrogens with one attached hydrogen (secondary N) is 3. The van der Waals surface area contributed by atoms with E-state index < -0.39 is 22.9 Å². The number of nitro groups is 1. The number of carbonyl (C=O) groups is 2. The molecule has 3 N–H and O–H groups in total. The summed E-state index contributed by atoms with van der Waals surface area (Å²) in [6.45, 7) is 1.58. The molecule has 0 saturated carbocycles. The van der Waals surface area contributed by atoms with Gasteiger partial charge in [0.15, 0.2) is 0 Å². The summed E-state index contributed by atoms with van der Waals surface area (Å²) in [5.74, 6) is 0.423. The maximum atomic E-state index is 13.2. The van der Waals surface area contributed by atoms with E-state index in [2.05, 4.69) is 16.0 Å². The number of nitrogens with zero attached hydrogens (tertiary/aromatic N) is 1. The molecule has 2 aromatic rings. The first-order valence-corrected chi connectivity index (χ1v) is 8.90. The average Bonchev–Trinajstić information content (AvgIpc) is 2.73. The molecule has 3 amide bonds.